The first-order valence-electron chi connectivity index (χ1n) is 9.49. The van der Waals surface area contributed by atoms with Crippen LogP contribution in [0.4, 0.5) is 0 Å². The lowest BCUT2D eigenvalue weighted by atomic mass is 9.94. The Morgan fingerprint density at radius 2 is 1.50 bits per heavy atom. The molecule has 0 spiro atoms. The van der Waals surface area contributed by atoms with Crippen molar-refractivity contribution >= 4 is 0 Å². The molecule has 1 aromatic heterocycles. The molecule has 3 aromatic rings. The molecule has 0 aliphatic rings. The van der Waals surface area contributed by atoms with Crippen LogP contribution >= 0.6 is 0 Å². The Kier molecular flexibility index (Phi) is 6.06. The third kappa shape index (κ3) is 4.32. The highest BCUT2D eigenvalue weighted by Crippen LogP contribution is 2.27. The van der Waals surface area contributed by atoms with Crippen molar-refractivity contribution in [3.05, 3.63) is 83.7 Å². The molecule has 0 saturated heterocycles. The summed E-state index contributed by atoms with van der Waals surface area (Å²) in [5.41, 5.74) is 6.11. The molecule has 1 atom stereocenters. The Bertz CT molecular complexity index is 804. The van der Waals surface area contributed by atoms with Crippen LogP contribution in [0.2, 0.25) is 0 Å². The smallest absolute Gasteiger partial charge is 0.119 e. The summed E-state index contributed by atoms with van der Waals surface area (Å²) in [5.74, 6) is 1.22. The Hall–Kier alpha value is -2.61. The first-order chi connectivity index (χ1) is 12.7. The average molecular weight is 345 g/mol. The van der Waals surface area contributed by atoms with Crippen molar-refractivity contribution in [2.45, 2.75) is 39.5 Å². The van der Waals surface area contributed by atoms with E-state index in [4.69, 9.17) is 4.74 Å². The molecule has 1 unspecified atom stereocenters. The van der Waals surface area contributed by atoms with Crippen molar-refractivity contribution in [1.29, 1.82) is 0 Å². The fourth-order valence-electron chi connectivity index (χ4n) is 3.00. The second-order valence-corrected chi connectivity index (χ2v) is 6.66. The molecule has 0 aliphatic heterocycles. The van der Waals surface area contributed by atoms with Crippen LogP contribution in [0.1, 0.15) is 49.9 Å². The van der Waals surface area contributed by atoms with Gasteiger partial charge < -0.3 is 4.74 Å². The third-order valence-corrected chi connectivity index (χ3v) is 4.77. The van der Waals surface area contributed by atoms with Crippen LogP contribution in [0.15, 0.2) is 66.9 Å². The number of hydrogen-bond acceptors (Lipinski definition) is 2. The average Bonchev–Trinajstić information content (AvgIpc) is 2.72. The maximum absolute atomic E-state index is 5.66. The molecule has 0 saturated carbocycles. The lowest BCUT2D eigenvalue weighted by Gasteiger charge is -2.13. The van der Waals surface area contributed by atoms with Gasteiger partial charge in [0.25, 0.3) is 0 Å². The highest BCUT2D eigenvalue weighted by molar-refractivity contribution is 5.64. The van der Waals surface area contributed by atoms with Crippen LogP contribution in [0, 0.1) is 0 Å². The summed E-state index contributed by atoms with van der Waals surface area (Å²) in [6.45, 7) is 7.24. The Morgan fingerprint density at radius 1 is 0.846 bits per heavy atom. The monoisotopic (exact) mass is 345 g/mol. The zero-order valence-corrected chi connectivity index (χ0v) is 15.9. The number of ether oxygens (including phenoxy) is 1. The fourth-order valence-corrected chi connectivity index (χ4v) is 3.00. The van der Waals surface area contributed by atoms with Gasteiger partial charge in [0, 0.05) is 17.8 Å². The normalized spacial score (nSPS) is 12.0. The molecule has 3 rings (SSSR count). The van der Waals surface area contributed by atoms with Gasteiger partial charge in [0.2, 0.25) is 0 Å². The SMILES string of the molecule is CCCOc1ccc(-c2ccc(C(C)c3ccc(CC)cn3)cc2)cc1. The molecule has 134 valence electrons. The highest BCUT2D eigenvalue weighted by atomic mass is 16.5. The van der Waals surface area contributed by atoms with Gasteiger partial charge in [0.05, 0.1) is 6.61 Å². The van der Waals surface area contributed by atoms with E-state index in [1.54, 1.807) is 0 Å². The van der Waals surface area contributed by atoms with Gasteiger partial charge in [0.15, 0.2) is 0 Å². The van der Waals surface area contributed by atoms with Gasteiger partial charge in [-0.1, -0.05) is 63.2 Å². The number of rotatable bonds is 7. The second-order valence-electron chi connectivity index (χ2n) is 6.66. The lowest BCUT2D eigenvalue weighted by molar-refractivity contribution is 0.317. The number of aromatic nitrogens is 1. The molecular formula is C24H27NO. The predicted molar refractivity (Wildman–Crippen MR) is 109 cm³/mol. The molecule has 0 amide bonds. The summed E-state index contributed by atoms with van der Waals surface area (Å²) in [7, 11) is 0. The minimum atomic E-state index is 0.291. The first kappa shape index (κ1) is 18.2. The van der Waals surface area contributed by atoms with E-state index in [2.05, 4.69) is 74.3 Å². The second kappa shape index (κ2) is 8.66. The molecule has 1 heterocycles. The zero-order chi connectivity index (χ0) is 18.4. The van der Waals surface area contributed by atoms with Gasteiger partial charge in [-0.2, -0.15) is 0 Å². The minimum Gasteiger partial charge on any atom is -0.494 e. The van der Waals surface area contributed by atoms with Crippen LogP contribution in [0.5, 0.6) is 5.75 Å². The number of benzene rings is 2. The fraction of sp³-hybridized carbons (Fsp3) is 0.292. The molecule has 0 fully saturated rings. The van der Waals surface area contributed by atoms with Crippen LogP contribution in [0.25, 0.3) is 11.1 Å². The number of hydrogen-bond donors (Lipinski definition) is 0. The molecule has 0 bridgehead atoms. The van der Waals surface area contributed by atoms with Gasteiger partial charge in [-0.05, 0) is 53.3 Å². The summed E-state index contributed by atoms with van der Waals surface area (Å²) in [6, 6.07) is 21.4. The third-order valence-electron chi connectivity index (χ3n) is 4.77. The van der Waals surface area contributed by atoms with Crippen molar-refractivity contribution in [1.82, 2.24) is 4.98 Å². The molecule has 2 nitrogen and oxygen atoms in total. The molecule has 0 radical (unpaired) electrons. The maximum Gasteiger partial charge on any atom is 0.119 e. The topological polar surface area (TPSA) is 22.1 Å². The van der Waals surface area contributed by atoms with Gasteiger partial charge in [-0.25, -0.2) is 0 Å². The Labute approximate surface area is 156 Å². The molecule has 26 heavy (non-hydrogen) atoms. The number of aryl methyl sites for hydroxylation is 1. The number of nitrogens with zero attached hydrogens (tertiary/aromatic N) is 1. The van der Waals surface area contributed by atoms with Crippen LogP contribution in [-0.2, 0) is 6.42 Å². The van der Waals surface area contributed by atoms with Crippen molar-refractivity contribution in [3.8, 4) is 16.9 Å². The van der Waals surface area contributed by atoms with Crippen LogP contribution < -0.4 is 4.74 Å². The lowest BCUT2D eigenvalue weighted by Crippen LogP contribution is -1.99. The Balaban J connectivity index is 1.72. The van der Waals surface area contributed by atoms with Crippen LogP contribution in [0.3, 0.4) is 0 Å². The molecule has 0 aliphatic carbocycles. The van der Waals surface area contributed by atoms with Gasteiger partial charge in [0.1, 0.15) is 5.75 Å². The summed E-state index contributed by atoms with van der Waals surface area (Å²) in [6.07, 6.45) is 4.04. The van der Waals surface area contributed by atoms with Crippen molar-refractivity contribution in [2.75, 3.05) is 6.61 Å². The van der Waals surface area contributed by atoms with Crippen LogP contribution in [-0.4, -0.2) is 11.6 Å². The molecule has 0 N–H and O–H groups in total. The van der Waals surface area contributed by atoms with E-state index < -0.39 is 0 Å². The molecular weight excluding hydrogens is 318 g/mol. The van der Waals surface area contributed by atoms with Crippen molar-refractivity contribution in [3.63, 3.8) is 0 Å². The first-order valence-corrected chi connectivity index (χ1v) is 9.49. The standard InChI is InChI=1S/C24H27NO/c1-4-16-26-23-13-11-22(12-14-23)21-9-7-20(8-10-21)18(3)24-15-6-19(5-2)17-25-24/h6-15,17-18H,4-5,16H2,1-3H3. The van der Waals surface area contributed by atoms with E-state index in [0.29, 0.717) is 5.92 Å². The van der Waals surface area contributed by atoms with Gasteiger partial charge in [-0.3, -0.25) is 4.98 Å². The zero-order valence-electron chi connectivity index (χ0n) is 15.9. The van der Waals surface area contributed by atoms with E-state index in [1.807, 2.05) is 18.3 Å². The molecule has 2 heteroatoms. The summed E-state index contributed by atoms with van der Waals surface area (Å²) >= 11 is 0. The van der Waals surface area contributed by atoms with E-state index in [-0.39, 0.29) is 0 Å². The predicted octanol–water partition coefficient (Wildman–Crippen LogP) is 6.25. The summed E-state index contributed by atoms with van der Waals surface area (Å²) in [5, 5.41) is 0. The van der Waals surface area contributed by atoms with E-state index in [1.165, 1.54) is 22.3 Å². The molecule has 2 aromatic carbocycles. The van der Waals surface area contributed by atoms with Crippen molar-refractivity contribution in [2.24, 2.45) is 0 Å². The Morgan fingerprint density at radius 3 is 2.04 bits per heavy atom. The largest absolute Gasteiger partial charge is 0.494 e. The minimum absolute atomic E-state index is 0.291. The summed E-state index contributed by atoms with van der Waals surface area (Å²) < 4.78 is 5.66. The van der Waals surface area contributed by atoms with E-state index >= 15 is 0 Å². The van der Waals surface area contributed by atoms with Crippen molar-refractivity contribution < 1.29 is 4.74 Å². The van der Waals surface area contributed by atoms with Gasteiger partial charge >= 0.3 is 0 Å². The maximum atomic E-state index is 5.66. The highest BCUT2D eigenvalue weighted by Gasteiger charge is 2.10. The number of pyridine rings is 1. The van der Waals surface area contributed by atoms with E-state index in [0.717, 1.165) is 30.9 Å². The van der Waals surface area contributed by atoms with E-state index in [9.17, 15) is 0 Å². The quantitative estimate of drug-likeness (QED) is 0.505. The summed E-state index contributed by atoms with van der Waals surface area (Å²) in [4.78, 5) is 4.63. The van der Waals surface area contributed by atoms with Gasteiger partial charge in [-0.15, -0.1) is 0 Å².